The molecule has 0 saturated carbocycles. The Morgan fingerprint density at radius 2 is 0.640 bits per heavy atom. The maximum Gasteiger partial charge on any atom is 0.131 e. The average Bonchev–Trinajstić information content (AvgIpc) is 3.17. The molecule has 1 heterocycles. The van der Waals surface area contributed by atoms with Gasteiger partial charge in [-0.05, 0) is 59.4 Å². The van der Waals surface area contributed by atoms with Crippen LogP contribution >= 0.6 is 0 Å². The monoisotopic (exact) mass is 652 g/mol. The Morgan fingerprint density at radius 1 is 0.380 bits per heavy atom. The molecule has 0 aliphatic rings. The highest BCUT2D eigenvalue weighted by Gasteiger charge is 2.22. The molecule has 0 bridgehead atoms. The van der Waals surface area contributed by atoms with Crippen molar-refractivity contribution in [1.29, 1.82) is 0 Å². The summed E-state index contributed by atoms with van der Waals surface area (Å²) in [6, 6.07) is 48.3. The number of phenols is 2. The van der Waals surface area contributed by atoms with Crippen molar-refractivity contribution in [1.82, 2.24) is 9.97 Å². The van der Waals surface area contributed by atoms with E-state index in [-0.39, 0.29) is 11.5 Å². The molecule has 6 aromatic carbocycles. The predicted octanol–water partition coefficient (Wildman–Crippen LogP) is 11.8. The van der Waals surface area contributed by atoms with E-state index in [0.29, 0.717) is 0 Å². The molecule has 50 heavy (non-hydrogen) atoms. The number of benzene rings is 6. The predicted molar refractivity (Wildman–Crippen MR) is 206 cm³/mol. The Balaban J connectivity index is 1.48. The second-order valence-corrected chi connectivity index (χ2v) is 12.6. The van der Waals surface area contributed by atoms with E-state index in [4.69, 9.17) is 9.97 Å². The molecule has 7 aromatic rings. The minimum Gasteiger partial charge on any atom is -0.507 e. The van der Waals surface area contributed by atoms with Crippen molar-refractivity contribution < 1.29 is 10.2 Å². The SMILES string of the molecule is CCCc1nc(-c2cc(-c3ccccc3)c(O)c(-c3ccccc3)c2)c(CCC)nc1-c1cc(-c2ccccc2)c(O)c(-c2ccccc2)c1. The first-order chi connectivity index (χ1) is 24.6. The molecule has 7 rings (SSSR count). The summed E-state index contributed by atoms with van der Waals surface area (Å²) < 4.78 is 0. The molecular formula is C46H40N2O2. The van der Waals surface area contributed by atoms with Crippen LogP contribution < -0.4 is 0 Å². The molecule has 0 fully saturated rings. The topological polar surface area (TPSA) is 66.2 Å². The van der Waals surface area contributed by atoms with Crippen molar-refractivity contribution in [3.63, 3.8) is 0 Å². The molecule has 0 saturated heterocycles. The van der Waals surface area contributed by atoms with E-state index in [1.165, 1.54) is 0 Å². The van der Waals surface area contributed by atoms with Crippen LogP contribution in [0.4, 0.5) is 0 Å². The van der Waals surface area contributed by atoms with Crippen molar-refractivity contribution in [3.05, 3.63) is 157 Å². The number of aromatic hydroxyl groups is 2. The maximum atomic E-state index is 11.7. The van der Waals surface area contributed by atoms with Gasteiger partial charge in [0.2, 0.25) is 0 Å². The van der Waals surface area contributed by atoms with Gasteiger partial charge in [0.25, 0.3) is 0 Å². The summed E-state index contributed by atoms with van der Waals surface area (Å²) in [6.07, 6.45) is 3.26. The average molecular weight is 653 g/mol. The Labute approximate surface area is 294 Å². The van der Waals surface area contributed by atoms with Gasteiger partial charge in [0.1, 0.15) is 11.5 Å². The molecule has 0 unspecified atom stereocenters. The summed E-state index contributed by atoms with van der Waals surface area (Å²) >= 11 is 0. The number of phenolic OH excluding ortho intramolecular Hbond substituents is 2. The zero-order chi connectivity index (χ0) is 34.5. The minimum atomic E-state index is 0.243. The van der Waals surface area contributed by atoms with Gasteiger partial charge in [0, 0.05) is 33.4 Å². The smallest absolute Gasteiger partial charge is 0.131 e. The third-order valence-electron chi connectivity index (χ3n) is 9.12. The van der Waals surface area contributed by atoms with Crippen LogP contribution in [0.25, 0.3) is 67.0 Å². The van der Waals surface area contributed by atoms with Crippen molar-refractivity contribution >= 4 is 0 Å². The molecule has 0 radical (unpaired) electrons. The Hall–Kier alpha value is -6.00. The molecule has 4 nitrogen and oxygen atoms in total. The van der Waals surface area contributed by atoms with E-state index in [2.05, 4.69) is 38.1 Å². The van der Waals surface area contributed by atoms with E-state index in [0.717, 1.165) is 104 Å². The standard InChI is InChI=1S/C46H40N2O2/c1-3-17-41-43(35-27-37(31-19-9-5-10-20-31)45(49)38(28-35)32-21-11-6-12-22-32)48-42(18-4-2)44(47-41)36-29-39(33-23-13-7-14-24-33)46(50)40(30-36)34-25-15-8-16-26-34/h5-16,19-30,49-50H,3-4,17-18H2,1-2H3. The fourth-order valence-corrected chi connectivity index (χ4v) is 6.68. The van der Waals surface area contributed by atoms with E-state index < -0.39 is 0 Å². The summed E-state index contributed by atoms with van der Waals surface area (Å²) in [6.45, 7) is 4.32. The first kappa shape index (κ1) is 32.5. The molecular weight excluding hydrogens is 613 g/mol. The van der Waals surface area contributed by atoms with E-state index in [1.54, 1.807) is 0 Å². The molecule has 0 spiro atoms. The quantitative estimate of drug-likeness (QED) is 0.154. The van der Waals surface area contributed by atoms with Gasteiger partial charge in [-0.3, -0.25) is 0 Å². The van der Waals surface area contributed by atoms with Gasteiger partial charge in [-0.1, -0.05) is 148 Å². The van der Waals surface area contributed by atoms with Crippen LogP contribution in [0.2, 0.25) is 0 Å². The lowest BCUT2D eigenvalue weighted by atomic mass is 9.91. The first-order valence-corrected chi connectivity index (χ1v) is 17.4. The lowest BCUT2D eigenvalue weighted by molar-refractivity contribution is 0.479. The number of aromatic nitrogens is 2. The number of rotatable bonds is 10. The number of nitrogens with zero attached hydrogens (tertiary/aromatic N) is 2. The summed E-state index contributed by atoms with van der Waals surface area (Å²) in [5, 5.41) is 23.4. The summed E-state index contributed by atoms with van der Waals surface area (Å²) in [5.41, 5.74) is 12.1. The lowest BCUT2D eigenvalue weighted by Gasteiger charge is -2.19. The van der Waals surface area contributed by atoms with E-state index >= 15 is 0 Å². The largest absolute Gasteiger partial charge is 0.507 e. The number of aryl methyl sites for hydroxylation is 2. The minimum absolute atomic E-state index is 0.243. The van der Waals surface area contributed by atoms with Gasteiger partial charge in [-0.15, -0.1) is 0 Å². The highest BCUT2D eigenvalue weighted by molar-refractivity contribution is 5.89. The fourth-order valence-electron chi connectivity index (χ4n) is 6.68. The molecule has 1 aromatic heterocycles. The summed E-state index contributed by atoms with van der Waals surface area (Å²) in [5.74, 6) is 0.486. The van der Waals surface area contributed by atoms with Crippen LogP contribution in [0.5, 0.6) is 11.5 Å². The molecule has 4 heteroatoms. The van der Waals surface area contributed by atoms with Crippen LogP contribution in [0.3, 0.4) is 0 Å². The maximum absolute atomic E-state index is 11.7. The van der Waals surface area contributed by atoms with Crippen LogP contribution in [-0.2, 0) is 12.8 Å². The van der Waals surface area contributed by atoms with Crippen LogP contribution in [0.1, 0.15) is 38.1 Å². The van der Waals surface area contributed by atoms with Gasteiger partial charge < -0.3 is 10.2 Å². The highest BCUT2D eigenvalue weighted by Crippen LogP contribution is 2.44. The van der Waals surface area contributed by atoms with Gasteiger partial charge >= 0.3 is 0 Å². The van der Waals surface area contributed by atoms with Gasteiger partial charge in [-0.2, -0.15) is 0 Å². The molecule has 0 aliphatic heterocycles. The highest BCUT2D eigenvalue weighted by atomic mass is 16.3. The Kier molecular flexibility index (Phi) is 9.52. The lowest BCUT2D eigenvalue weighted by Crippen LogP contribution is -2.06. The van der Waals surface area contributed by atoms with Gasteiger partial charge in [0.05, 0.1) is 22.8 Å². The zero-order valence-corrected chi connectivity index (χ0v) is 28.5. The van der Waals surface area contributed by atoms with Gasteiger partial charge in [0.15, 0.2) is 0 Å². The van der Waals surface area contributed by atoms with Crippen LogP contribution in [-0.4, -0.2) is 20.2 Å². The van der Waals surface area contributed by atoms with E-state index in [1.807, 2.05) is 121 Å². The van der Waals surface area contributed by atoms with Crippen molar-refractivity contribution in [3.8, 4) is 78.5 Å². The second-order valence-electron chi connectivity index (χ2n) is 12.6. The number of hydrogen-bond donors (Lipinski definition) is 2. The van der Waals surface area contributed by atoms with Crippen molar-refractivity contribution in [2.45, 2.75) is 39.5 Å². The third-order valence-corrected chi connectivity index (χ3v) is 9.12. The van der Waals surface area contributed by atoms with Crippen LogP contribution in [0.15, 0.2) is 146 Å². The molecule has 0 amide bonds. The Bertz CT molecular complexity index is 1950. The van der Waals surface area contributed by atoms with Crippen molar-refractivity contribution in [2.24, 2.45) is 0 Å². The summed E-state index contributed by atoms with van der Waals surface area (Å²) in [7, 11) is 0. The zero-order valence-electron chi connectivity index (χ0n) is 28.5. The molecule has 0 aliphatic carbocycles. The number of hydrogen-bond acceptors (Lipinski definition) is 4. The molecule has 2 N–H and O–H groups in total. The van der Waals surface area contributed by atoms with Crippen LogP contribution in [0, 0.1) is 0 Å². The molecule has 246 valence electrons. The van der Waals surface area contributed by atoms with E-state index in [9.17, 15) is 10.2 Å². The first-order valence-electron chi connectivity index (χ1n) is 17.4. The van der Waals surface area contributed by atoms with Crippen molar-refractivity contribution in [2.75, 3.05) is 0 Å². The van der Waals surface area contributed by atoms with Gasteiger partial charge in [-0.25, -0.2) is 9.97 Å². The molecule has 0 atom stereocenters. The Morgan fingerprint density at radius 3 is 0.880 bits per heavy atom. The third kappa shape index (κ3) is 6.53. The summed E-state index contributed by atoms with van der Waals surface area (Å²) in [4.78, 5) is 10.9. The fraction of sp³-hybridized carbons (Fsp3) is 0.130. The normalized spacial score (nSPS) is 11.1. The second kappa shape index (κ2) is 14.6.